The summed E-state index contributed by atoms with van der Waals surface area (Å²) in [6.07, 6.45) is -1.33. The van der Waals surface area contributed by atoms with Crippen molar-refractivity contribution in [1.82, 2.24) is 0 Å². The Morgan fingerprint density at radius 3 is 2.33 bits per heavy atom. The van der Waals surface area contributed by atoms with Crippen LogP contribution in [0.25, 0.3) is 0 Å². The van der Waals surface area contributed by atoms with E-state index < -0.39 is 6.16 Å². The SMILES string of the molecule is C=C.C=C(C)COCOC(=O)O. The van der Waals surface area contributed by atoms with Crippen LogP contribution in [0.4, 0.5) is 4.79 Å². The lowest BCUT2D eigenvalue weighted by molar-refractivity contribution is -0.0259. The van der Waals surface area contributed by atoms with Gasteiger partial charge in [-0.05, 0) is 6.92 Å². The van der Waals surface area contributed by atoms with Crippen molar-refractivity contribution in [2.24, 2.45) is 0 Å². The molecule has 12 heavy (non-hydrogen) atoms. The minimum absolute atomic E-state index is 0.234. The van der Waals surface area contributed by atoms with Crippen molar-refractivity contribution in [2.45, 2.75) is 6.92 Å². The van der Waals surface area contributed by atoms with Crippen molar-refractivity contribution in [2.75, 3.05) is 13.4 Å². The molecule has 0 atom stereocenters. The van der Waals surface area contributed by atoms with Crippen molar-refractivity contribution >= 4 is 6.16 Å². The first-order valence-electron chi connectivity index (χ1n) is 3.20. The van der Waals surface area contributed by atoms with Crippen LogP contribution in [0.2, 0.25) is 0 Å². The molecule has 0 saturated heterocycles. The Balaban J connectivity index is 0. The molecular formula is C8H14O4. The summed E-state index contributed by atoms with van der Waals surface area (Å²) in [6.45, 7) is 11.4. The Kier molecular flexibility index (Phi) is 10.8. The maximum atomic E-state index is 9.72. The lowest BCUT2D eigenvalue weighted by atomic mass is 10.4. The summed E-state index contributed by atoms with van der Waals surface area (Å²) < 4.78 is 8.75. The molecule has 0 aliphatic carbocycles. The number of carbonyl (C=O) groups is 1. The largest absolute Gasteiger partial charge is 0.507 e. The van der Waals surface area contributed by atoms with Crippen LogP contribution in [0.3, 0.4) is 0 Å². The summed E-state index contributed by atoms with van der Waals surface area (Å²) >= 11 is 0. The molecule has 0 aliphatic heterocycles. The smallest absolute Gasteiger partial charge is 0.450 e. The zero-order valence-electron chi connectivity index (χ0n) is 7.21. The normalized spacial score (nSPS) is 7.75. The van der Waals surface area contributed by atoms with E-state index in [1.165, 1.54) is 0 Å². The molecule has 0 aromatic carbocycles. The van der Waals surface area contributed by atoms with Crippen LogP contribution in [-0.2, 0) is 9.47 Å². The van der Waals surface area contributed by atoms with Gasteiger partial charge in [-0.25, -0.2) is 4.79 Å². The predicted octanol–water partition coefficient (Wildman–Crippen LogP) is 2.03. The summed E-state index contributed by atoms with van der Waals surface area (Å²) in [5.74, 6) is 0. The Hall–Kier alpha value is -1.29. The molecule has 0 fully saturated rings. The molecule has 0 saturated carbocycles. The highest BCUT2D eigenvalue weighted by molar-refractivity contribution is 5.56. The van der Waals surface area contributed by atoms with Gasteiger partial charge in [0.15, 0.2) is 6.79 Å². The van der Waals surface area contributed by atoms with E-state index in [2.05, 4.69) is 24.5 Å². The fraction of sp³-hybridized carbons (Fsp3) is 0.375. The third-order valence-corrected chi connectivity index (χ3v) is 0.614. The van der Waals surface area contributed by atoms with Crippen molar-refractivity contribution in [3.8, 4) is 0 Å². The summed E-state index contributed by atoms with van der Waals surface area (Å²) in [6, 6.07) is 0. The zero-order valence-corrected chi connectivity index (χ0v) is 7.21. The van der Waals surface area contributed by atoms with E-state index in [9.17, 15) is 4.79 Å². The van der Waals surface area contributed by atoms with E-state index in [1.54, 1.807) is 6.92 Å². The number of hydrogen-bond donors (Lipinski definition) is 1. The maximum Gasteiger partial charge on any atom is 0.507 e. The van der Waals surface area contributed by atoms with E-state index >= 15 is 0 Å². The third-order valence-electron chi connectivity index (χ3n) is 0.614. The molecule has 0 spiro atoms. The van der Waals surface area contributed by atoms with Gasteiger partial charge >= 0.3 is 6.16 Å². The number of hydrogen-bond acceptors (Lipinski definition) is 3. The Morgan fingerprint density at radius 1 is 1.50 bits per heavy atom. The van der Waals surface area contributed by atoms with Crippen molar-refractivity contribution in [3.05, 3.63) is 25.3 Å². The maximum absolute atomic E-state index is 9.72. The van der Waals surface area contributed by atoms with Crippen LogP contribution < -0.4 is 0 Å². The number of carboxylic acid groups (broad SMARTS) is 1. The molecule has 70 valence electrons. The quantitative estimate of drug-likeness (QED) is 0.306. The molecule has 1 N–H and O–H groups in total. The van der Waals surface area contributed by atoms with E-state index in [1.807, 2.05) is 0 Å². The second kappa shape index (κ2) is 9.71. The summed E-state index contributed by atoms with van der Waals surface area (Å²) in [5, 5.41) is 7.95. The monoisotopic (exact) mass is 174 g/mol. The molecule has 0 aromatic heterocycles. The van der Waals surface area contributed by atoms with Crippen molar-refractivity contribution in [3.63, 3.8) is 0 Å². The minimum atomic E-state index is -1.33. The molecule has 0 unspecified atom stereocenters. The average molecular weight is 174 g/mol. The van der Waals surface area contributed by atoms with E-state index in [4.69, 9.17) is 9.84 Å². The van der Waals surface area contributed by atoms with Gasteiger partial charge in [-0.2, -0.15) is 0 Å². The fourth-order valence-corrected chi connectivity index (χ4v) is 0.308. The molecule has 0 amide bonds. The first-order chi connectivity index (χ1) is 5.63. The highest BCUT2D eigenvalue weighted by Gasteiger charge is 1.93. The first-order valence-corrected chi connectivity index (χ1v) is 3.20. The van der Waals surface area contributed by atoms with Crippen LogP contribution in [0.15, 0.2) is 25.3 Å². The summed E-state index contributed by atoms with van der Waals surface area (Å²) in [4.78, 5) is 9.72. The molecule has 0 aliphatic rings. The van der Waals surface area contributed by atoms with Gasteiger partial charge in [0.25, 0.3) is 0 Å². The van der Waals surface area contributed by atoms with Gasteiger partial charge in [-0.3, -0.25) is 0 Å². The van der Waals surface area contributed by atoms with Gasteiger partial charge in [0.1, 0.15) is 0 Å². The Morgan fingerprint density at radius 2 is 2.00 bits per heavy atom. The van der Waals surface area contributed by atoms with Crippen molar-refractivity contribution < 1.29 is 19.4 Å². The van der Waals surface area contributed by atoms with Gasteiger partial charge in [0.05, 0.1) is 6.61 Å². The van der Waals surface area contributed by atoms with Crippen LogP contribution in [0.1, 0.15) is 6.92 Å². The molecule has 4 nitrogen and oxygen atoms in total. The Labute approximate surface area is 72.1 Å². The Bertz CT molecular complexity index is 126. The van der Waals surface area contributed by atoms with E-state index in [0.717, 1.165) is 5.57 Å². The molecule has 0 bridgehead atoms. The van der Waals surface area contributed by atoms with Crippen molar-refractivity contribution in [1.29, 1.82) is 0 Å². The lowest BCUT2D eigenvalue weighted by Gasteiger charge is -2.01. The second-order valence-electron chi connectivity index (χ2n) is 1.83. The highest BCUT2D eigenvalue weighted by Crippen LogP contribution is 1.88. The zero-order chi connectivity index (χ0) is 9.98. The molecule has 0 aromatic rings. The van der Waals surface area contributed by atoms with Crippen LogP contribution in [0, 0.1) is 0 Å². The van der Waals surface area contributed by atoms with Crippen LogP contribution in [-0.4, -0.2) is 24.7 Å². The first kappa shape index (κ1) is 13.3. The van der Waals surface area contributed by atoms with Gasteiger partial charge in [-0.15, -0.1) is 13.2 Å². The number of ether oxygens (including phenoxy) is 2. The van der Waals surface area contributed by atoms with Gasteiger partial charge < -0.3 is 14.6 Å². The minimum Gasteiger partial charge on any atom is -0.450 e. The molecule has 0 heterocycles. The fourth-order valence-electron chi connectivity index (χ4n) is 0.308. The molecule has 4 heteroatoms. The summed E-state index contributed by atoms with van der Waals surface area (Å²) in [7, 11) is 0. The average Bonchev–Trinajstić information content (AvgIpc) is 2.02. The van der Waals surface area contributed by atoms with Crippen LogP contribution >= 0.6 is 0 Å². The molecular weight excluding hydrogens is 160 g/mol. The molecule has 0 radical (unpaired) electrons. The summed E-state index contributed by atoms with van der Waals surface area (Å²) in [5.41, 5.74) is 0.828. The predicted molar refractivity (Wildman–Crippen MR) is 46.0 cm³/mol. The van der Waals surface area contributed by atoms with Gasteiger partial charge in [0.2, 0.25) is 0 Å². The van der Waals surface area contributed by atoms with E-state index in [-0.39, 0.29) is 6.79 Å². The standard InChI is InChI=1S/C6H10O4.C2H4/c1-5(2)3-9-4-10-6(7)8;1-2/h1,3-4H2,2H3,(H,7,8);1-2H2. The van der Waals surface area contributed by atoms with Crippen LogP contribution in [0.5, 0.6) is 0 Å². The highest BCUT2D eigenvalue weighted by atomic mass is 16.7. The topological polar surface area (TPSA) is 55.8 Å². The third kappa shape index (κ3) is 15.9. The number of rotatable bonds is 4. The lowest BCUT2D eigenvalue weighted by Crippen LogP contribution is -2.06. The van der Waals surface area contributed by atoms with Gasteiger partial charge in [0, 0.05) is 0 Å². The molecule has 0 rings (SSSR count). The van der Waals surface area contributed by atoms with E-state index in [0.29, 0.717) is 6.61 Å². The second-order valence-corrected chi connectivity index (χ2v) is 1.83. The van der Waals surface area contributed by atoms with Gasteiger partial charge in [-0.1, -0.05) is 12.2 Å².